The number of ether oxygens (including phenoxy) is 1. The lowest BCUT2D eigenvalue weighted by Gasteiger charge is -2.20. The number of hydrogen-bond acceptors (Lipinski definition) is 3. The molecule has 0 radical (unpaired) electrons. The Kier molecular flexibility index (Phi) is 7.41. The smallest absolute Gasteiger partial charge is 0.265 e. The second-order valence-corrected chi connectivity index (χ2v) is 6.50. The fraction of sp³-hybridized carbons (Fsp3) is 0.364. The first-order valence-electron chi connectivity index (χ1n) is 9.38. The summed E-state index contributed by atoms with van der Waals surface area (Å²) in [5, 5.41) is 5.69. The van der Waals surface area contributed by atoms with E-state index in [0.29, 0.717) is 30.0 Å². The molecule has 2 amide bonds. The van der Waals surface area contributed by atoms with Gasteiger partial charge in [-0.1, -0.05) is 38.1 Å². The fourth-order valence-electron chi connectivity index (χ4n) is 2.66. The molecule has 2 N–H and O–H groups in total. The van der Waals surface area contributed by atoms with Gasteiger partial charge in [-0.05, 0) is 56.0 Å². The van der Waals surface area contributed by atoms with Gasteiger partial charge < -0.3 is 15.4 Å². The van der Waals surface area contributed by atoms with Crippen LogP contribution in [0.2, 0.25) is 0 Å². The third kappa shape index (κ3) is 5.33. The van der Waals surface area contributed by atoms with Crippen LogP contribution in [0.4, 0.5) is 5.69 Å². The molecular formula is C22H28N2O3. The van der Waals surface area contributed by atoms with E-state index in [1.807, 2.05) is 45.9 Å². The lowest BCUT2D eigenvalue weighted by atomic mass is 10.1. The summed E-state index contributed by atoms with van der Waals surface area (Å²) >= 11 is 0. The molecule has 0 unspecified atom stereocenters. The Bertz CT molecular complexity index is 802. The average molecular weight is 368 g/mol. The van der Waals surface area contributed by atoms with Gasteiger partial charge in [-0.15, -0.1) is 0 Å². The molecule has 5 heteroatoms. The number of rotatable bonds is 8. The molecule has 2 aromatic rings. The van der Waals surface area contributed by atoms with Crippen molar-refractivity contribution >= 4 is 17.5 Å². The molecule has 0 aromatic heterocycles. The van der Waals surface area contributed by atoms with Gasteiger partial charge in [0, 0.05) is 6.54 Å². The van der Waals surface area contributed by atoms with Crippen LogP contribution in [0.25, 0.3) is 0 Å². The Morgan fingerprint density at radius 1 is 1.04 bits per heavy atom. The van der Waals surface area contributed by atoms with Gasteiger partial charge in [0.05, 0.1) is 11.3 Å². The van der Waals surface area contributed by atoms with Crippen molar-refractivity contribution in [2.75, 3.05) is 11.9 Å². The molecule has 0 heterocycles. The molecule has 0 aliphatic rings. The molecule has 0 aliphatic carbocycles. The minimum atomic E-state index is -0.641. The van der Waals surface area contributed by atoms with Gasteiger partial charge in [0.25, 0.3) is 11.8 Å². The van der Waals surface area contributed by atoms with Gasteiger partial charge >= 0.3 is 0 Å². The highest BCUT2D eigenvalue weighted by Crippen LogP contribution is 2.23. The van der Waals surface area contributed by atoms with Gasteiger partial charge in [0.1, 0.15) is 5.75 Å². The average Bonchev–Trinajstić information content (AvgIpc) is 2.67. The Hall–Kier alpha value is -2.82. The molecule has 27 heavy (non-hydrogen) atoms. The molecule has 2 aromatic carbocycles. The van der Waals surface area contributed by atoms with Crippen molar-refractivity contribution in [1.82, 2.24) is 5.32 Å². The van der Waals surface area contributed by atoms with E-state index in [0.717, 1.165) is 17.5 Å². The number of para-hydroxylation sites is 1. The molecule has 5 nitrogen and oxygen atoms in total. The Morgan fingerprint density at radius 3 is 2.48 bits per heavy atom. The molecule has 0 aliphatic heterocycles. The summed E-state index contributed by atoms with van der Waals surface area (Å²) in [6.45, 7) is 8.46. The van der Waals surface area contributed by atoms with Crippen LogP contribution in [0.3, 0.4) is 0 Å². The van der Waals surface area contributed by atoms with Gasteiger partial charge in [-0.25, -0.2) is 0 Å². The lowest BCUT2D eigenvalue weighted by Crippen LogP contribution is -2.33. The van der Waals surface area contributed by atoms with E-state index in [-0.39, 0.29) is 11.8 Å². The first-order chi connectivity index (χ1) is 13.0. The van der Waals surface area contributed by atoms with Crippen LogP contribution in [-0.2, 0) is 4.79 Å². The number of carbonyl (C=O) groups excluding carboxylic acids is 2. The maximum Gasteiger partial charge on any atom is 0.265 e. The van der Waals surface area contributed by atoms with E-state index in [4.69, 9.17) is 4.74 Å². The summed E-state index contributed by atoms with van der Waals surface area (Å²) in [6.07, 6.45) is 0.725. The zero-order chi connectivity index (χ0) is 19.8. The standard InChI is InChI=1S/C22H28N2O3/c1-5-14-23-21(25)17-11-7-8-12-18(17)24-22(26)19(6-2)27-20-13-9-10-15(3)16(20)4/h7-13,19H,5-6,14H2,1-4H3,(H,23,25)(H,24,26)/t19-/m1/s1. The van der Waals surface area contributed by atoms with Gasteiger partial charge in [0.15, 0.2) is 6.10 Å². The second-order valence-electron chi connectivity index (χ2n) is 6.50. The molecule has 0 saturated carbocycles. The Labute approximate surface area is 161 Å². The van der Waals surface area contributed by atoms with Crippen LogP contribution in [0.15, 0.2) is 42.5 Å². The van der Waals surface area contributed by atoms with E-state index in [2.05, 4.69) is 10.6 Å². The van der Waals surface area contributed by atoms with E-state index in [1.165, 1.54) is 0 Å². The van der Waals surface area contributed by atoms with Crippen molar-refractivity contribution in [1.29, 1.82) is 0 Å². The fourth-order valence-corrected chi connectivity index (χ4v) is 2.66. The lowest BCUT2D eigenvalue weighted by molar-refractivity contribution is -0.122. The molecule has 144 valence electrons. The first kappa shape index (κ1) is 20.5. The summed E-state index contributed by atoms with van der Waals surface area (Å²) in [7, 11) is 0. The Balaban J connectivity index is 2.15. The zero-order valence-electron chi connectivity index (χ0n) is 16.5. The maximum absolute atomic E-state index is 12.8. The largest absolute Gasteiger partial charge is 0.480 e. The molecule has 0 saturated heterocycles. The third-order valence-corrected chi connectivity index (χ3v) is 4.45. The van der Waals surface area contributed by atoms with Crippen LogP contribution in [0, 0.1) is 13.8 Å². The van der Waals surface area contributed by atoms with Crippen LogP contribution >= 0.6 is 0 Å². The van der Waals surface area contributed by atoms with E-state index >= 15 is 0 Å². The topological polar surface area (TPSA) is 67.4 Å². The third-order valence-electron chi connectivity index (χ3n) is 4.45. The summed E-state index contributed by atoms with van der Waals surface area (Å²) < 4.78 is 5.96. The van der Waals surface area contributed by atoms with E-state index in [1.54, 1.807) is 24.3 Å². The molecule has 2 rings (SSSR count). The number of benzene rings is 2. The summed E-state index contributed by atoms with van der Waals surface area (Å²) in [6, 6.07) is 12.8. The van der Waals surface area contributed by atoms with Gasteiger partial charge in [-0.2, -0.15) is 0 Å². The molecular weight excluding hydrogens is 340 g/mol. The van der Waals surface area contributed by atoms with Crippen LogP contribution in [-0.4, -0.2) is 24.5 Å². The molecule has 0 bridgehead atoms. The SMILES string of the molecule is CCCNC(=O)c1ccccc1NC(=O)[C@@H](CC)Oc1cccc(C)c1C. The predicted octanol–water partition coefficient (Wildman–Crippen LogP) is 4.24. The highest BCUT2D eigenvalue weighted by Gasteiger charge is 2.21. The normalized spacial score (nSPS) is 11.6. The number of hydrogen-bond donors (Lipinski definition) is 2. The summed E-state index contributed by atoms with van der Waals surface area (Å²) in [4.78, 5) is 25.1. The second kappa shape index (κ2) is 9.76. The highest BCUT2D eigenvalue weighted by atomic mass is 16.5. The van der Waals surface area contributed by atoms with Gasteiger partial charge in [0.2, 0.25) is 0 Å². The maximum atomic E-state index is 12.8. The van der Waals surface area contributed by atoms with Crippen molar-refractivity contribution in [3.8, 4) is 5.75 Å². The van der Waals surface area contributed by atoms with Crippen molar-refractivity contribution in [3.63, 3.8) is 0 Å². The molecule has 0 fully saturated rings. The minimum absolute atomic E-state index is 0.198. The number of nitrogens with one attached hydrogen (secondary N) is 2. The van der Waals surface area contributed by atoms with Crippen LogP contribution in [0.5, 0.6) is 5.75 Å². The van der Waals surface area contributed by atoms with Gasteiger partial charge in [-0.3, -0.25) is 9.59 Å². The number of carbonyl (C=O) groups is 2. The van der Waals surface area contributed by atoms with Crippen molar-refractivity contribution in [2.45, 2.75) is 46.6 Å². The summed E-state index contributed by atoms with van der Waals surface area (Å²) in [5.74, 6) is 0.233. The quantitative estimate of drug-likeness (QED) is 0.732. The predicted molar refractivity (Wildman–Crippen MR) is 108 cm³/mol. The first-order valence-corrected chi connectivity index (χ1v) is 9.38. The monoisotopic (exact) mass is 368 g/mol. The molecule has 0 spiro atoms. The van der Waals surface area contributed by atoms with Crippen LogP contribution in [0.1, 0.15) is 48.2 Å². The number of amides is 2. The minimum Gasteiger partial charge on any atom is -0.480 e. The zero-order valence-corrected chi connectivity index (χ0v) is 16.5. The summed E-state index contributed by atoms with van der Waals surface area (Å²) in [5.41, 5.74) is 3.06. The van der Waals surface area contributed by atoms with Crippen molar-refractivity contribution < 1.29 is 14.3 Å². The number of anilines is 1. The van der Waals surface area contributed by atoms with E-state index < -0.39 is 6.10 Å². The van der Waals surface area contributed by atoms with E-state index in [9.17, 15) is 9.59 Å². The molecule has 1 atom stereocenters. The van der Waals surface area contributed by atoms with Crippen LogP contribution < -0.4 is 15.4 Å². The highest BCUT2D eigenvalue weighted by molar-refractivity contribution is 6.04. The van der Waals surface area contributed by atoms with Crippen molar-refractivity contribution in [2.24, 2.45) is 0 Å². The van der Waals surface area contributed by atoms with Crippen molar-refractivity contribution in [3.05, 3.63) is 59.2 Å². The Morgan fingerprint density at radius 2 is 1.78 bits per heavy atom. The number of aryl methyl sites for hydroxylation is 1.